The number of carbonyl (C=O) groups is 3. The Morgan fingerprint density at radius 2 is 1.73 bits per heavy atom. The van der Waals surface area contributed by atoms with E-state index in [1.165, 1.54) is 4.90 Å². The summed E-state index contributed by atoms with van der Waals surface area (Å²) in [5.41, 5.74) is -1.61. The lowest BCUT2D eigenvalue weighted by Gasteiger charge is -2.40. The van der Waals surface area contributed by atoms with Crippen LogP contribution in [0.2, 0.25) is 0 Å². The van der Waals surface area contributed by atoms with Crippen molar-refractivity contribution in [1.82, 2.24) is 14.7 Å². The van der Waals surface area contributed by atoms with Crippen molar-refractivity contribution in [2.45, 2.75) is 56.4 Å². The molecule has 4 heterocycles. The number of hydrogen-bond acceptors (Lipinski definition) is 5. The summed E-state index contributed by atoms with van der Waals surface area (Å²) < 4.78 is 6.81. The minimum atomic E-state index is -1.31. The molecule has 198 valence electrons. The topological polar surface area (TPSA) is 90.4 Å². The predicted octanol–water partition coefficient (Wildman–Crippen LogP) is 2.31. The number of rotatable bonds is 7. The first-order valence-corrected chi connectivity index (χ1v) is 13.4. The van der Waals surface area contributed by atoms with Crippen LogP contribution in [-0.4, -0.2) is 88.1 Å². The number of amides is 3. The fraction of sp³-hybridized carbons (Fsp3) is 0.552. The third kappa shape index (κ3) is 3.92. The molecule has 0 aromatic heterocycles. The molecule has 6 atom stereocenters. The molecule has 4 aliphatic heterocycles. The van der Waals surface area contributed by atoms with Crippen LogP contribution < -0.4 is 0 Å². The van der Waals surface area contributed by atoms with Crippen molar-refractivity contribution in [3.63, 3.8) is 0 Å². The third-order valence-corrected chi connectivity index (χ3v) is 8.50. The first-order valence-electron chi connectivity index (χ1n) is 13.4. The summed E-state index contributed by atoms with van der Waals surface area (Å²) in [7, 11) is 1.72. The molecule has 2 fully saturated rings. The fourth-order valence-corrected chi connectivity index (χ4v) is 6.75. The number of nitrogens with zero attached hydrogens (tertiary/aromatic N) is 3. The van der Waals surface area contributed by atoms with Crippen LogP contribution in [0.5, 0.6) is 0 Å². The summed E-state index contributed by atoms with van der Waals surface area (Å²) in [6, 6.07) is 7.55. The normalized spacial score (nSPS) is 33.8. The van der Waals surface area contributed by atoms with Crippen molar-refractivity contribution in [3.05, 3.63) is 60.2 Å². The molecular formula is C29H37N3O5. The van der Waals surface area contributed by atoms with Gasteiger partial charge in [0.25, 0.3) is 0 Å². The number of ether oxygens (including phenoxy) is 1. The van der Waals surface area contributed by atoms with Crippen LogP contribution in [0.25, 0.3) is 0 Å². The van der Waals surface area contributed by atoms with Gasteiger partial charge >= 0.3 is 0 Å². The van der Waals surface area contributed by atoms with E-state index in [9.17, 15) is 19.5 Å². The molecule has 0 saturated carbocycles. The lowest BCUT2D eigenvalue weighted by atomic mass is 9.74. The molecule has 3 amide bonds. The van der Waals surface area contributed by atoms with Crippen LogP contribution in [0.3, 0.4) is 0 Å². The van der Waals surface area contributed by atoms with Gasteiger partial charge in [-0.05, 0) is 18.9 Å². The lowest BCUT2D eigenvalue weighted by molar-refractivity contribution is -0.155. The first-order chi connectivity index (χ1) is 17.8. The van der Waals surface area contributed by atoms with Crippen LogP contribution >= 0.6 is 0 Å². The van der Waals surface area contributed by atoms with E-state index in [2.05, 4.69) is 6.92 Å². The molecule has 1 N–H and O–H groups in total. The Morgan fingerprint density at radius 3 is 2.43 bits per heavy atom. The standard InChI is InChI=1S/C29H37N3O5/c1-4-5-9-17-31-18-11-15-29-23(22-25(34)30(3)16-10-14-28(22,2)37-29)26(35)32(24(29)27(31)36)21(19-33)20-12-7-6-8-13-20/h6-8,10-15,21-24,33H,4-5,9,16-19H2,1-3H3/t21-,22+,23+,24?,28-,29+/m1/s1. The van der Waals surface area contributed by atoms with Gasteiger partial charge in [0.1, 0.15) is 11.6 Å². The highest BCUT2D eigenvalue weighted by atomic mass is 16.5. The van der Waals surface area contributed by atoms with Gasteiger partial charge in [-0.15, -0.1) is 0 Å². The van der Waals surface area contributed by atoms with E-state index in [-0.39, 0.29) is 24.3 Å². The molecule has 5 rings (SSSR count). The molecule has 0 radical (unpaired) electrons. The quantitative estimate of drug-likeness (QED) is 0.452. The zero-order valence-electron chi connectivity index (χ0n) is 21.9. The van der Waals surface area contributed by atoms with Gasteiger partial charge in [0.15, 0.2) is 0 Å². The predicted molar refractivity (Wildman–Crippen MR) is 138 cm³/mol. The van der Waals surface area contributed by atoms with Gasteiger partial charge in [0.2, 0.25) is 17.7 Å². The van der Waals surface area contributed by atoms with E-state index in [0.29, 0.717) is 19.6 Å². The Balaban J connectivity index is 1.66. The Labute approximate surface area is 218 Å². The van der Waals surface area contributed by atoms with Crippen LogP contribution in [0, 0.1) is 11.8 Å². The van der Waals surface area contributed by atoms with Gasteiger partial charge in [0.05, 0.1) is 30.1 Å². The zero-order chi connectivity index (χ0) is 26.4. The summed E-state index contributed by atoms with van der Waals surface area (Å²) in [6.45, 7) is 5.03. The van der Waals surface area contributed by atoms with Gasteiger partial charge in [-0.25, -0.2) is 0 Å². The average molecular weight is 508 g/mol. The molecule has 2 saturated heterocycles. The zero-order valence-corrected chi connectivity index (χ0v) is 21.9. The number of benzene rings is 1. The van der Waals surface area contributed by atoms with E-state index in [0.717, 1.165) is 24.8 Å². The summed E-state index contributed by atoms with van der Waals surface area (Å²) in [6.07, 6.45) is 10.4. The van der Waals surface area contributed by atoms with Gasteiger partial charge in [0, 0.05) is 26.7 Å². The number of likely N-dealkylation sites (tertiary alicyclic amines) is 1. The minimum absolute atomic E-state index is 0.173. The molecule has 8 nitrogen and oxygen atoms in total. The van der Waals surface area contributed by atoms with Crippen LogP contribution in [0.1, 0.15) is 44.7 Å². The maximum atomic E-state index is 14.4. The molecule has 4 aliphatic rings. The molecule has 37 heavy (non-hydrogen) atoms. The van der Waals surface area contributed by atoms with Crippen molar-refractivity contribution >= 4 is 17.7 Å². The molecule has 1 aromatic rings. The highest BCUT2D eigenvalue weighted by molar-refractivity contribution is 6.00. The van der Waals surface area contributed by atoms with E-state index >= 15 is 0 Å². The number of aliphatic hydroxyl groups excluding tert-OH is 1. The first kappa shape index (κ1) is 25.7. The number of carbonyl (C=O) groups excluding carboxylic acids is 3. The van der Waals surface area contributed by atoms with Crippen molar-refractivity contribution in [3.8, 4) is 0 Å². The molecule has 1 spiro atoms. The van der Waals surface area contributed by atoms with Crippen molar-refractivity contribution in [2.75, 3.05) is 33.3 Å². The van der Waals surface area contributed by atoms with E-state index in [1.807, 2.05) is 61.6 Å². The van der Waals surface area contributed by atoms with Crippen LogP contribution in [0.4, 0.5) is 0 Å². The highest BCUT2D eigenvalue weighted by Gasteiger charge is 2.75. The second-order valence-corrected chi connectivity index (χ2v) is 10.9. The highest BCUT2D eigenvalue weighted by Crippen LogP contribution is 2.58. The third-order valence-electron chi connectivity index (χ3n) is 8.50. The fourth-order valence-electron chi connectivity index (χ4n) is 6.75. The number of aliphatic hydroxyl groups is 1. The van der Waals surface area contributed by atoms with Gasteiger partial charge in [-0.2, -0.15) is 0 Å². The number of hydrogen-bond donors (Lipinski definition) is 1. The average Bonchev–Trinajstić information content (AvgIpc) is 3.17. The molecule has 1 unspecified atom stereocenters. The van der Waals surface area contributed by atoms with Crippen molar-refractivity contribution < 1.29 is 24.2 Å². The number of likely N-dealkylation sites (N-methyl/N-ethyl adjacent to an activating group) is 1. The smallest absolute Gasteiger partial charge is 0.249 e. The summed E-state index contributed by atoms with van der Waals surface area (Å²) >= 11 is 0. The van der Waals surface area contributed by atoms with Gasteiger partial charge in [-0.1, -0.05) is 74.4 Å². The Bertz CT molecular complexity index is 1120. The minimum Gasteiger partial charge on any atom is -0.394 e. The Kier molecular flexibility index (Phi) is 6.75. The Morgan fingerprint density at radius 1 is 1.00 bits per heavy atom. The summed E-state index contributed by atoms with van der Waals surface area (Å²) in [5.74, 6) is -2.36. The maximum absolute atomic E-state index is 14.4. The van der Waals surface area contributed by atoms with E-state index in [4.69, 9.17) is 4.74 Å². The lowest BCUT2D eigenvalue weighted by Crippen LogP contribution is -2.57. The van der Waals surface area contributed by atoms with Gasteiger partial charge in [-0.3, -0.25) is 14.4 Å². The molecule has 8 heteroatoms. The van der Waals surface area contributed by atoms with Crippen molar-refractivity contribution in [1.29, 1.82) is 0 Å². The molecule has 1 aromatic carbocycles. The maximum Gasteiger partial charge on any atom is 0.249 e. The molecule has 0 aliphatic carbocycles. The number of unbranched alkanes of at least 4 members (excludes halogenated alkanes) is 2. The van der Waals surface area contributed by atoms with Crippen LogP contribution in [0.15, 0.2) is 54.6 Å². The Hall–Kier alpha value is -2.97. The SMILES string of the molecule is CCCCCN1CC=C[C@]23O[C@]4(C)C=CCN(C)C(=O)[C@@H]4[C@H]2C(=O)N([C@H](CO)c2ccccc2)C3C1=O. The molecule has 0 bridgehead atoms. The van der Waals surface area contributed by atoms with E-state index in [1.54, 1.807) is 16.8 Å². The second-order valence-electron chi connectivity index (χ2n) is 10.9. The summed E-state index contributed by atoms with van der Waals surface area (Å²) in [5, 5.41) is 10.6. The van der Waals surface area contributed by atoms with E-state index < -0.39 is 35.1 Å². The second kappa shape index (κ2) is 9.72. The monoisotopic (exact) mass is 507 g/mol. The number of fused-ring (bicyclic) bond motifs is 2. The van der Waals surface area contributed by atoms with Gasteiger partial charge < -0.3 is 24.5 Å². The molecular weight excluding hydrogens is 470 g/mol. The summed E-state index contributed by atoms with van der Waals surface area (Å²) in [4.78, 5) is 47.4. The van der Waals surface area contributed by atoms with Crippen molar-refractivity contribution in [2.24, 2.45) is 11.8 Å². The largest absolute Gasteiger partial charge is 0.394 e. The van der Waals surface area contributed by atoms with Crippen LogP contribution in [-0.2, 0) is 19.1 Å².